The van der Waals surface area contributed by atoms with E-state index in [9.17, 15) is 39.2 Å². The van der Waals surface area contributed by atoms with Crippen molar-refractivity contribution in [2.45, 2.75) is 88.9 Å². The number of Topliss-reactive ketones (excluding diaryl/α,β-unsaturated/α-hetero) is 1. The molecule has 0 radical (unpaired) electrons. The van der Waals surface area contributed by atoms with Gasteiger partial charge in [0.05, 0.1) is 16.2 Å². The van der Waals surface area contributed by atoms with E-state index < -0.39 is 58.1 Å². The molecule has 2 fully saturated rings. The molecule has 298 valence electrons. The molecule has 3 aromatic rings. The summed E-state index contributed by atoms with van der Waals surface area (Å²) in [5, 5.41) is 32.3. The Balaban J connectivity index is 1.43. The second kappa shape index (κ2) is 18.2. The van der Waals surface area contributed by atoms with Gasteiger partial charge < -0.3 is 37.4 Å². The summed E-state index contributed by atoms with van der Waals surface area (Å²) in [6.07, 6.45) is 6.47. The lowest BCUT2D eigenvalue weighted by Gasteiger charge is -2.32. The van der Waals surface area contributed by atoms with Crippen LogP contribution in [0.2, 0.25) is 0 Å². The van der Waals surface area contributed by atoms with E-state index in [0.29, 0.717) is 23.2 Å². The summed E-state index contributed by atoms with van der Waals surface area (Å²) < 4.78 is 0. The molecule has 1 saturated heterocycles. The van der Waals surface area contributed by atoms with Crippen molar-refractivity contribution in [3.05, 3.63) is 99.9 Å². The first-order chi connectivity index (χ1) is 26.6. The third kappa shape index (κ3) is 10.5. The Kier molecular flexibility index (Phi) is 13.4. The number of nitrogens with zero attached hydrogens (tertiary/aromatic N) is 2. The summed E-state index contributed by atoms with van der Waals surface area (Å²) in [7, 11) is 0. The van der Waals surface area contributed by atoms with Crippen LogP contribution in [0, 0.1) is 22.0 Å². The van der Waals surface area contributed by atoms with Crippen molar-refractivity contribution in [2.75, 3.05) is 13.1 Å². The summed E-state index contributed by atoms with van der Waals surface area (Å²) in [6, 6.07) is 14.8. The number of rotatable bonds is 16. The smallest absolute Gasteiger partial charge is 0.287 e. The number of carbonyl (C=O) groups excluding carboxylic acids is 5. The van der Waals surface area contributed by atoms with Crippen molar-refractivity contribution >= 4 is 45.9 Å². The molecule has 15 heteroatoms. The molecule has 8 N–H and O–H groups in total. The lowest BCUT2D eigenvalue weighted by atomic mass is 9.84. The van der Waals surface area contributed by atoms with E-state index in [2.05, 4.69) is 16.0 Å². The number of amides is 4. The minimum Gasteiger partial charge on any atom is -0.403 e. The number of carbonyl (C=O) groups is 5. The van der Waals surface area contributed by atoms with E-state index in [1.165, 1.54) is 35.4 Å². The molecule has 3 aromatic carbocycles. The second-order valence-corrected chi connectivity index (χ2v) is 15.4. The van der Waals surface area contributed by atoms with Gasteiger partial charge in [0.1, 0.15) is 18.1 Å². The Bertz CT molecular complexity index is 1970. The fraction of sp³-hybridized carbons (Fsp3) is 0.439. The van der Waals surface area contributed by atoms with Gasteiger partial charge in [-0.25, -0.2) is 0 Å². The number of nitro groups is 1. The molecular formula is C41H51N7O8. The number of nitrogens with one attached hydrogen (secondary N) is 3. The molecule has 5 rings (SSSR count). The zero-order valence-electron chi connectivity index (χ0n) is 31.7. The number of fused-ring (bicyclic) bond motifs is 1. The molecule has 56 heavy (non-hydrogen) atoms. The van der Waals surface area contributed by atoms with Crippen LogP contribution in [0.3, 0.4) is 0 Å². The van der Waals surface area contributed by atoms with Crippen LogP contribution >= 0.6 is 0 Å². The van der Waals surface area contributed by atoms with Gasteiger partial charge in [0, 0.05) is 43.4 Å². The van der Waals surface area contributed by atoms with Gasteiger partial charge in [-0.1, -0.05) is 74.6 Å². The number of ketones is 1. The van der Waals surface area contributed by atoms with Gasteiger partial charge in [0.25, 0.3) is 17.5 Å². The van der Waals surface area contributed by atoms with Gasteiger partial charge in [0.2, 0.25) is 17.6 Å². The van der Waals surface area contributed by atoms with E-state index in [4.69, 9.17) is 11.5 Å². The Morgan fingerprint density at radius 2 is 1.62 bits per heavy atom. The molecule has 0 bridgehead atoms. The fourth-order valence-corrected chi connectivity index (χ4v) is 7.68. The van der Waals surface area contributed by atoms with Crippen LogP contribution in [0.5, 0.6) is 0 Å². The van der Waals surface area contributed by atoms with Gasteiger partial charge in [0.15, 0.2) is 0 Å². The SMILES string of the molecule is CC(C)(O)/C(=C/N)NC[C@H]1C[C@@H](C(=O)NC(Cc2ccc([N+](=O)[O-])cc2)C(=O)C(N)=O)N(C(=O)[C@@H](CC2CCCCC2)NC(=O)c2ccc3ccccc3c2)C1. The minimum absolute atomic E-state index is 0.0947. The summed E-state index contributed by atoms with van der Waals surface area (Å²) >= 11 is 0. The first-order valence-corrected chi connectivity index (χ1v) is 19.0. The molecule has 0 spiro atoms. The summed E-state index contributed by atoms with van der Waals surface area (Å²) in [5.74, 6) is -4.12. The molecule has 1 unspecified atom stereocenters. The number of benzene rings is 3. The second-order valence-electron chi connectivity index (χ2n) is 15.4. The van der Waals surface area contributed by atoms with Crippen molar-refractivity contribution < 1.29 is 34.0 Å². The predicted octanol–water partition coefficient (Wildman–Crippen LogP) is 2.98. The average Bonchev–Trinajstić information content (AvgIpc) is 3.61. The monoisotopic (exact) mass is 769 g/mol. The summed E-state index contributed by atoms with van der Waals surface area (Å²) in [6.45, 7) is 3.45. The zero-order valence-corrected chi connectivity index (χ0v) is 31.7. The number of likely N-dealkylation sites (tertiary alicyclic amines) is 1. The van der Waals surface area contributed by atoms with Crippen LogP contribution in [0.1, 0.15) is 74.7 Å². The van der Waals surface area contributed by atoms with Crippen molar-refractivity contribution in [1.82, 2.24) is 20.9 Å². The third-order valence-electron chi connectivity index (χ3n) is 10.8. The maximum Gasteiger partial charge on any atom is 0.287 e. The summed E-state index contributed by atoms with van der Waals surface area (Å²) in [5.41, 5.74) is 10.8. The van der Waals surface area contributed by atoms with Gasteiger partial charge in [-0.2, -0.15) is 0 Å². The molecule has 15 nitrogen and oxygen atoms in total. The Hall–Kier alpha value is -5.83. The first-order valence-electron chi connectivity index (χ1n) is 19.0. The van der Waals surface area contributed by atoms with E-state index in [-0.39, 0.29) is 43.5 Å². The van der Waals surface area contributed by atoms with E-state index in [1.54, 1.807) is 26.0 Å². The van der Waals surface area contributed by atoms with E-state index in [0.717, 1.165) is 42.9 Å². The lowest BCUT2D eigenvalue weighted by molar-refractivity contribution is -0.384. The van der Waals surface area contributed by atoms with Gasteiger partial charge in [-0.15, -0.1) is 0 Å². The number of nitrogens with two attached hydrogens (primary N) is 2. The Morgan fingerprint density at radius 1 is 0.946 bits per heavy atom. The molecule has 1 aliphatic carbocycles. The molecule has 0 aromatic heterocycles. The van der Waals surface area contributed by atoms with Crippen LogP contribution in [0.25, 0.3) is 10.8 Å². The van der Waals surface area contributed by atoms with Gasteiger partial charge >= 0.3 is 0 Å². The lowest BCUT2D eigenvalue weighted by Crippen LogP contribution is -2.56. The highest BCUT2D eigenvalue weighted by Gasteiger charge is 2.44. The molecule has 4 amide bonds. The molecule has 4 atom stereocenters. The van der Waals surface area contributed by atoms with Gasteiger partial charge in [-0.05, 0) is 67.0 Å². The van der Waals surface area contributed by atoms with Crippen LogP contribution in [-0.4, -0.2) is 81.2 Å². The largest absolute Gasteiger partial charge is 0.403 e. The standard InChI is InChI=1S/C41H51N7O8/c1-41(2,54)35(22-42)44-23-27-20-34(39(52)45-32(36(49)37(43)50)18-26-12-16-31(17-13-26)48(55)56)47(24-27)40(53)33(19-25-8-4-3-5-9-25)46-38(51)30-15-14-28-10-6-7-11-29(28)21-30/h6-7,10-17,21-22,25,27,32-34,44,54H,3-5,8-9,18-20,23-24,42H2,1-2H3,(H2,43,50)(H,45,52)(H,46,51)/b35-22-/t27-,32?,33-,34+/m1/s1. The topological polar surface area (TPSA) is 240 Å². The third-order valence-corrected chi connectivity index (χ3v) is 10.8. The molecule has 2 aliphatic rings. The van der Waals surface area contributed by atoms with Crippen molar-refractivity contribution in [1.29, 1.82) is 0 Å². The maximum absolute atomic E-state index is 14.8. The van der Waals surface area contributed by atoms with Gasteiger partial charge in [-0.3, -0.25) is 34.1 Å². The molecule has 1 saturated carbocycles. The number of nitro benzene ring substituents is 1. The van der Waals surface area contributed by atoms with E-state index >= 15 is 0 Å². The number of aliphatic hydroxyl groups is 1. The molecular weight excluding hydrogens is 718 g/mol. The number of hydrogen-bond donors (Lipinski definition) is 6. The van der Waals surface area contributed by atoms with Crippen LogP contribution in [0.15, 0.2) is 78.6 Å². The molecule has 1 aliphatic heterocycles. The number of primary amides is 1. The first kappa shape index (κ1) is 41.3. The van der Waals surface area contributed by atoms with Crippen LogP contribution in [0.4, 0.5) is 5.69 Å². The Labute approximate surface area is 325 Å². The molecule has 1 heterocycles. The maximum atomic E-state index is 14.8. The van der Waals surface area contributed by atoms with Crippen LogP contribution < -0.4 is 27.4 Å². The number of non-ortho nitro benzene ring substituents is 1. The van der Waals surface area contributed by atoms with Crippen LogP contribution in [-0.2, 0) is 25.6 Å². The minimum atomic E-state index is -1.43. The average molecular weight is 770 g/mol. The highest BCUT2D eigenvalue weighted by atomic mass is 16.6. The van der Waals surface area contributed by atoms with Crippen molar-refractivity contribution in [3.63, 3.8) is 0 Å². The summed E-state index contributed by atoms with van der Waals surface area (Å²) in [4.78, 5) is 80.0. The van der Waals surface area contributed by atoms with Crippen molar-refractivity contribution in [2.24, 2.45) is 23.3 Å². The zero-order chi connectivity index (χ0) is 40.6. The fourth-order valence-electron chi connectivity index (χ4n) is 7.68. The predicted molar refractivity (Wildman–Crippen MR) is 210 cm³/mol. The van der Waals surface area contributed by atoms with E-state index in [1.807, 2.05) is 30.3 Å². The highest BCUT2D eigenvalue weighted by Crippen LogP contribution is 2.31. The normalized spacial score (nSPS) is 18.8. The number of hydrogen-bond acceptors (Lipinski definition) is 10. The quantitative estimate of drug-likeness (QED) is 0.0707. The highest BCUT2D eigenvalue weighted by molar-refractivity contribution is 6.38. The Morgan fingerprint density at radius 3 is 2.25 bits per heavy atom. The van der Waals surface area contributed by atoms with Crippen molar-refractivity contribution in [3.8, 4) is 0 Å².